The minimum Gasteiger partial charge on any atom is -0.497 e. The zero-order valence-corrected chi connectivity index (χ0v) is 12.9. The first-order valence-electron chi connectivity index (χ1n) is 6.57. The van der Waals surface area contributed by atoms with Crippen LogP contribution in [-0.4, -0.2) is 35.3 Å². The molecular formula is C14H13N5O3S. The molecule has 3 aromatic rings. The summed E-state index contributed by atoms with van der Waals surface area (Å²) in [6, 6.07) is 9.40. The predicted molar refractivity (Wildman–Crippen MR) is 83.0 cm³/mol. The molecule has 0 atom stereocenters. The van der Waals surface area contributed by atoms with Crippen LogP contribution in [0.4, 0.5) is 5.82 Å². The van der Waals surface area contributed by atoms with E-state index in [4.69, 9.17) is 4.74 Å². The standard InChI is InChI=1S/C14H13N5O3S/c1-22-11-4-2-5-12(8-11)23(20,21)18-13-9-14(16-10-15-13)19-7-3-6-17-19/h2-10H,1H3,(H,15,16,18). The van der Waals surface area contributed by atoms with Crippen molar-refractivity contribution < 1.29 is 13.2 Å². The molecule has 1 N–H and O–H groups in total. The molecule has 0 bridgehead atoms. The van der Waals surface area contributed by atoms with Crippen LogP contribution in [0.3, 0.4) is 0 Å². The van der Waals surface area contributed by atoms with Crippen LogP contribution in [0.5, 0.6) is 5.75 Å². The van der Waals surface area contributed by atoms with Crippen molar-refractivity contribution in [2.24, 2.45) is 0 Å². The molecule has 2 aromatic heterocycles. The van der Waals surface area contributed by atoms with E-state index in [2.05, 4.69) is 19.8 Å². The monoisotopic (exact) mass is 331 g/mol. The molecule has 0 aliphatic rings. The Hall–Kier alpha value is -2.94. The fraction of sp³-hybridized carbons (Fsp3) is 0.0714. The molecule has 0 radical (unpaired) electrons. The Morgan fingerprint density at radius 3 is 2.78 bits per heavy atom. The lowest BCUT2D eigenvalue weighted by Gasteiger charge is -2.09. The highest BCUT2D eigenvalue weighted by molar-refractivity contribution is 7.92. The Balaban J connectivity index is 1.90. The van der Waals surface area contributed by atoms with Crippen molar-refractivity contribution in [2.45, 2.75) is 4.90 Å². The van der Waals surface area contributed by atoms with Gasteiger partial charge in [0.15, 0.2) is 5.82 Å². The van der Waals surface area contributed by atoms with Gasteiger partial charge < -0.3 is 4.74 Å². The molecule has 0 amide bonds. The Kier molecular flexibility index (Phi) is 3.94. The van der Waals surface area contributed by atoms with Crippen LogP contribution in [0.15, 0.2) is 60.0 Å². The van der Waals surface area contributed by atoms with Gasteiger partial charge in [-0.1, -0.05) is 6.07 Å². The summed E-state index contributed by atoms with van der Waals surface area (Å²) < 4.78 is 33.8. The van der Waals surface area contributed by atoms with E-state index in [0.29, 0.717) is 11.6 Å². The molecule has 8 nitrogen and oxygen atoms in total. The number of anilines is 1. The summed E-state index contributed by atoms with van der Waals surface area (Å²) in [6.07, 6.45) is 4.56. The minimum atomic E-state index is -3.78. The van der Waals surface area contributed by atoms with Crippen LogP contribution in [0.2, 0.25) is 0 Å². The lowest BCUT2D eigenvalue weighted by molar-refractivity contribution is 0.413. The normalized spacial score (nSPS) is 11.2. The maximum absolute atomic E-state index is 12.4. The molecule has 3 rings (SSSR count). The molecule has 0 aliphatic carbocycles. The molecule has 0 unspecified atom stereocenters. The van der Waals surface area contributed by atoms with E-state index in [1.807, 2.05) is 0 Å². The van der Waals surface area contributed by atoms with Crippen molar-refractivity contribution in [3.8, 4) is 11.6 Å². The van der Waals surface area contributed by atoms with Gasteiger partial charge in [0, 0.05) is 24.5 Å². The van der Waals surface area contributed by atoms with Gasteiger partial charge in [0.1, 0.15) is 17.9 Å². The van der Waals surface area contributed by atoms with Gasteiger partial charge in [0.25, 0.3) is 10.0 Å². The zero-order valence-electron chi connectivity index (χ0n) is 12.1. The second kappa shape index (κ2) is 6.05. The predicted octanol–water partition coefficient (Wildman–Crippen LogP) is 1.47. The molecule has 1 aromatic carbocycles. The first kappa shape index (κ1) is 15.0. The molecule has 23 heavy (non-hydrogen) atoms. The highest BCUT2D eigenvalue weighted by Gasteiger charge is 2.16. The number of hydrogen-bond acceptors (Lipinski definition) is 6. The summed E-state index contributed by atoms with van der Waals surface area (Å²) in [4.78, 5) is 8.06. The van der Waals surface area contributed by atoms with E-state index in [0.717, 1.165) is 0 Å². The van der Waals surface area contributed by atoms with Crippen LogP contribution in [-0.2, 0) is 10.0 Å². The third-order valence-corrected chi connectivity index (χ3v) is 4.33. The Labute approximate surface area is 132 Å². The maximum atomic E-state index is 12.4. The SMILES string of the molecule is COc1cccc(S(=O)(=O)Nc2cc(-n3cccn3)ncn2)c1. The van der Waals surface area contributed by atoms with E-state index in [1.54, 1.807) is 30.6 Å². The van der Waals surface area contributed by atoms with E-state index >= 15 is 0 Å². The van der Waals surface area contributed by atoms with Crippen LogP contribution < -0.4 is 9.46 Å². The quantitative estimate of drug-likeness (QED) is 0.760. The summed E-state index contributed by atoms with van der Waals surface area (Å²) in [7, 11) is -2.31. The van der Waals surface area contributed by atoms with E-state index in [1.165, 1.54) is 36.3 Å². The maximum Gasteiger partial charge on any atom is 0.263 e. The van der Waals surface area contributed by atoms with Crippen LogP contribution in [0.25, 0.3) is 5.82 Å². The van der Waals surface area contributed by atoms with Gasteiger partial charge in [0.05, 0.1) is 12.0 Å². The highest BCUT2D eigenvalue weighted by Crippen LogP contribution is 2.19. The van der Waals surface area contributed by atoms with Gasteiger partial charge in [0.2, 0.25) is 0 Å². The van der Waals surface area contributed by atoms with E-state index < -0.39 is 10.0 Å². The number of nitrogens with one attached hydrogen (secondary N) is 1. The first-order valence-corrected chi connectivity index (χ1v) is 8.06. The van der Waals surface area contributed by atoms with Crippen LogP contribution >= 0.6 is 0 Å². The van der Waals surface area contributed by atoms with Crippen molar-refractivity contribution in [3.05, 3.63) is 55.1 Å². The third kappa shape index (κ3) is 3.29. The molecule has 0 spiro atoms. The van der Waals surface area contributed by atoms with Crippen LogP contribution in [0, 0.1) is 0 Å². The number of ether oxygens (including phenoxy) is 1. The Morgan fingerprint density at radius 1 is 1.17 bits per heavy atom. The van der Waals surface area contributed by atoms with Gasteiger partial charge in [-0.25, -0.2) is 23.1 Å². The summed E-state index contributed by atoms with van der Waals surface area (Å²) >= 11 is 0. The number of nitrogens with zero attached hydrogens (tertiary/aromatic N) is 4. The second-order valence-corrected chi connectivity index (χ2v) is 6.18. The average Bonchev–Trinajstić information content (AvgIpc) is 3.09. The lowest BCUT2D eigenvalue weighted by atomic mass is 10.3. The van der Waals surface area contributed by atoms with E-state index in [-0.39, 0.29) is 10.7 Å². The molecule has 0 saturated heterocycles. The molecule has 0 aliphatic heterocycles. The Morgan fingerprint density at radius 2 is 2.04 bits per heavy atom. The molecular weight excluding hydrogens is 318 g/mol. The van der Waals surface area contributed by atoms with Crippen LogP contribution in [0.1, 0.15) is 0 Å². The minimum absolute atomic E-state index is 0.0797. The van der Waals surface area contributed by atoms with Crippen molar-refractivity contribution in [3.63, 3.8) is 0 Å². The second-order valence-electron chi connectivity index (χ2n) is 4.50. The number of aromatic nitrogens is 4. The highest BCUT2D eigenvalue weighted by atomic mass is 32.2. The fourth-order valence-electron chi connectivity index (χ4n) is 1.90. The lowest BCUT2D eigenvalue weighted by Crippen LogP contribution is -2.14. The topological polar surface area (TPSA) is 99.0 Å². The summed E-state index contributed by atoms with van der Waals surface area (Å²) in [5, 5.41) is 4.04. The molecule has 118 valence electrons. The summed E-state index contributed by atoms with van der Waals surface area (Å²) in [5.41, 5.74) is 0. The number of sulfonamides is 1. The molecule has 9 heteroatoms. The van der Waals surface area contributed by atoms with Crippen molar-refractivity contribution in [1.82, 2.24) is 19.7 Å². The average molecular weight is 331 g/mol. The van der Waals surface area contributed by atoms with Gasteiger partial charge in [-0.15, -0.1) is 0 Å². The molecule has 2 heterocycles. The fourth-order valence-corrected chi connectivity index (χ4v) is 2.93. The van der Waals surface area contributed by atoms with Gasteiger partial charge in [-0.2, -0.15) is 5.10 Å². The van der Waals surface area contributed by atoms with Gasteiger partial charge >= 0.3 is 0 Å². The zero-order chi connectivity index (χ0) is 16.3. The van der Waals surface area contributed by atoms with Gasteiger partial charge in [-0.3, -0.25) is 4.72 Å². The Bertz CT molecular complexity index is 910. The first-order chi connectivity index (χ1) is 11.1. The summed E-state index contributed by atoms with van der Waals surface area (Å²) in [6.45, 7) is 0. The number of hydrogen-bond donors (Lipinski definition) is 1. The largest absolute Gasteiger partial charge is 0.497 e. The third-order valence-electron chi connectivity index (χ3n) is 2.98. The van der Waals surface area contributed by atoms with E-state index in [9.17, 15) is 8.42 Å². The van der Waals surface area contributed by atoms with Crippen molar-refractivity contribution >= 4 is 15.8 Å². The molecule has 0 saturated carbocycles. The van der Waals surface area contributed by atoms with Crippen molar-refractivity contribution in [2.75, 3.05) is 11.8 Å². The number of methoxy groups -OCH3 is 1. The van der Waals surface area contributed by atoms with Crippen molar-refractivity contribution in [1.29, 1.82) is 0 Å². The number of benzene rings is 1. The van der Waals surface area contributed by atoms with Gasteiger partial charge in [-0.05, 0) is 18.2 Å². The number of rotatable bonds is 5. The molecule has 0 fully saturated rings. The summed E-state index contributed by atoms with van der Waals surface area (Å²) in [5.74, 6) is 1.05. The smallest absolute Gasteiger partial charge is 0.263 e.